The van der Waals surface area contributed by atoms with Gasteiger partial charge in [0.2, 0.25) is 0 Å². The first kappa shape index (κ1) is 14.3. The quantitative estimate of drug-likeness (QED) is 0.701. The Morgan fingerprint density at radius 1 is 0.905 bits per heavy atom. The molecule has 0 heterocycles. The van der Waals surface area contributed by atoms with Gasteiger partial charge in [0.05, 0.1) is 0 Å². The number of aryl methyl sites for hydroxylation is 1. The molecular weight excluding hydrogens is 322 g/mol. The summed E-state index contributed by atoms with van der Waals surface area (Å²) in [6, 6.07) is 21.1. The molecule has 0 bridgehead atoms. The Bertz CT molecular complexity index is 779. The fraction of sp³-hybridized carbons (Fsp3) is 0.158. The summed E-state index contributed by atoms with van der Waals surface area (Å²) in [7, 11) is 0. The highest BCUT2D eigenvalue weighted by Gasteiger charge is 2.12. The van der Waals surface area contributed by atoms with Gasteiger partial charge in [-0.3, -0.25) is 0 Å². The van der Waals surface area contributed by atoms with Crippen LogP contribution in [-0.4, -0.2) is 0 Å². The summed E-state index contributed by atoms with van der Waals surface area (Å²) >= 11 is 3.62. The van der Waals surface area contributed by atoms with E-state index in [1.165, 1.54) is 27.5 Å². The summed E-state index contributed by atoms with van der Waals surface area (Å²) < 4.78 is 1.12. The highest BCUT2D eigenvalue weighted by atomic mass is 79.9. The van der Waals surface area contributed by atoms with E-state index < -0.39 is 0 Å². The molecular formula is C19H18BrN. The Morgan fingerprint density at radius 3 is 2.33 bits per heavy atom. The maximum atomic E-state index is 6.50. The Balaban J connectivity index is 2.01. The zero-order valence-corrected chi connectivity index (χ0v) is 13.6. The van der Waals surface area contributed by atoms with Crippen molar-refractivity contribution in [2.24, 2.45) is 5.73 Å². The smallest absolute Gasteiger partial charge is 0.0342 e. The molecule has 0 aromatic heterocycles. The number of nitrogens with two attached hydrogens (primary N) is 1. The van der Waals surface area contributed by atoms with E-state index >= 15 is 0 Å². The van der Waals surface area contributed by atoms with E-state index in [4.69, 9.17) is 5.73 Å². The van der Waals surface area contributed by atoms with Crippen LogP contribution in [0, 0.1) is 6.92 Å². The normalized spacial score (nSPS) is 12.5. The molecule has 0 spiro atoms. The molecule has 3 aromatic rings. The van der Waals surface area contributed by atoms with Crippen molar-refractivity contribution in [3.63, 3.8) is 0 Å². The monoisotopic (exact) mass is 339 g/mol. The lowest BCUT2D eigenvalue weighted by atomic mass is 9.93. The fourth-order valence-corrected chi connectivity index (χ4v) is 3.27. The summed E-state index contributed by atoms with van der Waals surface area (Å²) in [5.41, 5.74) is 10.3. The van der Waals surface area contributed by atoms with Crippen molar-refractivity contribution >= 4 is 26.7 Å². The Hall–Kier alpha value is -1.64. The van der Waals surface area contributed by atoms with Crippen LogP contribution in [0.1, 0.15) is 22.7 Å². The third-order valence-corrected chi connectivity index (χ3v) is 4.70. The topological polar surface area (TPSA) is 26.0 Å². The van der Waals surface area contributed by atoms with Crippen molar-refractivity contribution in [3.05, 3.63) is 81.8 Å². The van der Waals surface area contributed by atoms with Crippen molar-refractivity contribution in [2.45, 2.75) is 19.4 Å². The van der Waals surface area contributed by atoms with Gasteiger partial charge < -0.3 is 5.73 Å². The molecule has 0 aliphatic carbocycles. The highest BCUT2D eigenvalue weighted by Crippen LogP contribution is 2.30. The van der Waals surface area contributed by atoms with Gasteiger partial charge in [-0.25, -0.2) is 0 Å². The van der Waals surface area contributed by atoms with Gasteiger partial charge in [-0.05, 0) is 46.9 Å². The Labute approximate surface area is 133 Å². The minimum atomic E-state index is 0.00380. The van der Waals surface area contributed by atoms with Crippen LogP contribution >= 0.6 is 15.9 Å². The number of halogens is 1. The van der Waals surface area contributed by atoms with Crippen LogP contribution in [0.4, 0.5) is 0 Å². The highest BCUT2D eigenvalue weighted by molar-refractivity contribution is 9.10. The molecule has 0 aliphatic rings. The average Bonchev–Trinajstić information content (AvgIpc) is 2.50. The molecule has 0 aliphatic heterocycles. The van der Waals surface area contributed by atoms with E-state index in [1.54, 1.807) is 0 Å². The lowest BCUT2D eigenvalue weighted by Gasteiger charge is -2.17. The summed E-state index contributed by atoms with van der Waals surface area (Å²) in [5.74, 6) is 0. The molecule has 0 radical (unpaired) electrons. The van der Waals surface area contributed by atoms with Crippen LogP contribution in [0.5, 0.6) is 0 Å². The van der Waals surface area contributed by atoms with E-state index in [0.717, 1.165) is 10.9 Å². The van der Waals surface area contributed by atoms with Gasteiger partial charge in [0.25, 0.3) is 0 Å². The van der Waals surface area contributed by atoms with E-state index in [2.05, 4.69) is 83.5 Å². The Kier molecular flexibility index (Phi) is 4.09. The molecule has 2 heteroatoms. The molecule has 21 heavy (non-hydrogen) atoms. The fourth-order valence-electron chi connectivity index (χ4n) is 2.79. The van der Waals surface area contributed by atoms with Crippen molar-refractivity contribution in [3.8, 4) is 0 Å². The first-order chi connectivity index (χ1) is 10.2. The maximum Gasteiger partial charge on any atom is 0.0342 e. The van der Waals surface area contributed by atoms with Crippen molar-refractivity contribution in [1.29, 1.82) is 0 Å². The van der Waals surface area contributed by atoms with Gasteiger partial charge in [-0.15, -0.1) is 0 Å². The average molecular weight is 340 g/mol. The number of hydrogen-bond donors (Lipinski definition) is 1. The van der Waals surface area contributed by atoms with Gasteiger partial charge in [-0.2, -0.15) is 0 Å². The first-order valence-corrected chi connectivity index (χ1v) is 7.93. The van der Waals surface area contributed by atoms with Gasteiger partial charge in [-0.1, -0.05) is 70.5 Å². The van der Waals surface area contributed by atoms with Crippen molar-refractivity contribution in [2.75, 3.05) is 0 Å². The van der Waals surface area contributed by atoms with Crippen LogP contribution in [0.15, 0.2) is 65.1 Å². The minimum Gasteiger partial charge on any atom is -0.324 e. The summed E-state index contributed by atoms with van der Waals surface area (Å²) in [5, 5.41) is 2.45. The summed E-state index contributed by atoms with van der Waals surface area (Å²) in [6.07, 6.45) is 0.859. The molecule has 1 atom stereocenters. The summed E-state index contributed by atoms with van der Waals surface area (Å²) in [6.45, 7) is 2.14. The third kappa shape index (κ3) is 2.87. The molecule has 0 fully saturated rings. The second-order valence-corrected chi connectivity index (χ2v) is 6.27. The predicted molar refractivity (Wildman–Crippen MR) is 93.5 cm³/mol. The van der Waals surface area contributed by atoms with E-state index in [0.29, 0.717) is 0 Å². The van der Waals surface area contributed by atoms with E-state index in [1.807, 2.05) is 0 Å². The van der Waals surface area contributed by atoms with Crippen LogP contribution < -0.4 is 5.73 Å². The number of fused-ring (bicyclic) bond motifs is 1. The van der Waals surface area contributed by atoms with E-state index in [-0.39, 0.29) is 6.04 Å². The largest absolute Gasteiger partial charge is 0.324 e. The van der Waals surface area contributed by atoms with Gasteiger partial charge in [0.15, 0.2) is 0 Å². The number of benzene rings is 3. The summed E-state index contributed by atoms with van der Waals surface area (Å²) in [4.78, 5) is 0. The maximum absolute atomic E-state index is 6.50. The van der Waals surface area contributed by atoms with Gasteiger partial charge in [0, 0.05) is 10.5 Å². The molecule has 1 nitrogen and oxygen atoms in total. The molecule has 1 unspecified atom stereocenters. The SMILES string of the molecule is Cc1ccccc1CC(N)c1ccc(Br)c2ccccc12. The second-order valence-electron chi connectivity index (χ2n) is 5.42. The second kappa shape index (κ2) is 6.00. The van der Waals surface area contributed by atoms with E-state index in [9.17, 15) is 0 Å². The van der Waals surface area contributed by atoms with Crippen LogP contribution in [0.3, 0.4) is 0 Å². The lowest BCUT2D eigenvalue weighted by Crippen LogP contribution is -2.14. The third-order valence-electron chi connectivity index (χ3n) is 4.01. The molecule has 2 N–H and O–H groups in total. The zero-order valence-electron chi connectivity index (χ0n) is 12.0. The molecule has 0 amide bonds. The van der Waals surface area contributed by atoms with Crippen LogP contribution in [0.25, 0.3) is 10.8 Å². The molecule has 0 saturated heterocycles. The molecule has 3 rings (SSSR count). The van der Waals surface area contributed by atoms with Crippen molar-refractivity contribution < 1.29 is 0 Å². The lowest BCUT2D eigenvalue weighted by molar-refractivity contribution is 0.725. The molecule has 3 aromatic carbocycles. The number of hydrogen-bond acceptors (Lipinski definition) is 1. The minimum absolute atomic E-state index is 0.00380. The van der Waals surface area contributed by atoms with Gasteiger partial charge >= 0.3 is 0 Å². The molecule has 0 saturated carbocycles. The first-order valence-electron chi connectivity index (χ1n) is 7.14. The Morgan fingerprint density at radius 2 is 1.57 bits per heavy atom. The standard InChI is InChI=1S/C19H18BrN/c1-13-6-2-3-7-14(13)12-19(21)17-10-11-18(20)16-9-5-4-8-15(16)17/h2-11,19H,12,21H2,1H3. The van der Waals surface area contributed by atoms with Crippen LogP contribution in [-0.2, 0) is 6.42 Å². The predicted octanol–water partition coefficient (Wildman–Crippen LogP) is 5.15. The van der Waals surface area contributed by atoms with Gasteiger partial charge in [0.1, 0.15) is 0 Å². The van der Waals surface area contributed by atoms with Crippen molar-refractivity contribution in [1.82, 2.24) is 0 Å². The number of rotatable bonds is 3. The zero-order chi connectivity index (χ0) is 14.8. The van der Waals surface area contributed by atoms with Crippen LogP contribution in [0.2, 0.25) is 0 Å². The molecule has 106 valence electrons.